The van der Waals surface area contributed by atoms with Gasteiger partial charge in [0.2, 0.25) is 0 Å². The first-order valence-corrected chi connectivity index (χ1v) is 5.38. The van der Waals surface area contributed by atoms with Gasteiger partial charge >= 0.3 is 0 Å². The van der Waals surface area contributed by atoms with Crippen LogP contribution in [-0.2, 0) is 0 Å². The van der Waals surface area contributed by atoms with Gasteiger partial charge in [-0.05, 0) is 19.4 Å². The highest BCUT2D eigenvalue weighted by Crippen LogP contribution is 2.03. The van der Waals surface area contributed by atoms with Crippen molar-refractivity contribution >= 4 is 30.0 Å². The van der Waals surface area contributed by atoms with E-state index in [0.29, 0.717) is 5.69 Å². The number of aromatic nitrogens is 2. The van der Waals surface area contributed by atoms with E-state index in [1.807, 2.05) is 0 Å². The fourth-order valence-electron chi connectivity index (χ4n) is 1.50. The van der Waals surface area contributed by atoms with Crippen molar-refractivity contribution in [3.8, 4) is 0 Å². The van der Waals surface area contributed by atoms with Gasteiger partial charge in [-0.15, -0.1) is 12.4 Å². The minimum Gasteiger partial charge on any atom is -0.347 e. The number of piperidine rings is 1. The summed E-state index contributed by atoms with van der Waals surface area (Å²) < 4.78 is 7.67. The summed E-state index contributed by atoms with van der Waals surface area (Å²) in [5, 5.41) is 6.16. The number of carbonyl (C=O) groups excluding carboxylic acids is 1. The van der Waals surface area contributed by atoms with Crippen molar-refractivity contribution in [1.82, 2.24) is 19.4 Å². The summed E-state index contributed by atoms with van der Waals surface area (Å²) in [6.07, 6.45) is 3.65. The normalized spacial score (nSPS) is 20.4. The quantitative estimate of drug-likeness (QED) is 0.797. The van der Waals surface area contributed by atoms with Crippen LogP contribution in [0.1, 0.15) is 23.3 Å². The molecule has 2 heterocycles. The van der Waals surface area contributed by atoms with Gasteiger partial charge in [0, 0.05) is 12.6 Å². The van der Waals surface area contributed by atoms with Gasteiger partial charge in [-0.2, -0.15) is 8.75 Å². The standard InChI is InChI=1S/C8H12N4OS.ClH/c13-8(7-5-10-14-12-7)11-6-2-1-3-9-4-6;/h5-6,9H,1-4H2,(H,11,13);1H. The molecule has 5 nitrogen and oxygen atoms in total. The van der Waals surface area contributed by atoms with E-state index in [1.54, 1.807) is 0 Å². The van der Waals surface area contributed by atoms with Crippen molar-refractivity contribution in [2.75, 3.05) is 13.1 Å². The average Bonchev–Trinajstić information content (AvgIpc) is 2.72. The van der Waals surface area contributed by atoms with Crippen LogP contribution >= 0.6 is 24.1 Å². The molecule has 0 radical (unpaired) electrons. The highest BCUT2D eigenvalue weighted by Gasteiger charge is 2.17. The minimum atomic E-state index is -0.118. The number of carbonyl (C=O) groups is 1. The van der Waals surface area contributed by atoms with E-state index in [1.165, 1.54) is 6.20 Å². The number of rotatable bonds is 2. The predicted octanol–water partition coefficient (Wildman–Crippen LogP) is 0.442. The molecule has 7 heteroatoms. The van der Waals surface area contributed by atoms with Crippen LogP contribution in [0.4, 0.5) is 0 Å². The molecule has 15 heavy (non-hydrogen) atoms. The van der Waals surface area contributed by atoms with Gasteiger partial charge in [-0.3, -0.25) is 4.79 Å². The second kappa shape index (κ2) is 5.99. The highest BCUT2D eigenvalue weighted by atomic mass is 35.5. The maximum absolute atomic E-state index is 11.5. The molecule has 0 spiro atoms. The molecule has 0 saturated carbocycles. The van der Waals surface area contributed by atoms with E-state index in [4.69, 9.17) is 0 Å². The summed E-state index contributed by atoms with van der Waals surface area (Å²) >= 11 is 1.05. The average molecular weight is 249 g/mol. The van der Waals surface area contributed by atoms with Crippen LogP contribution in [0.3, 0.4) is 0 Å². The fraction of sp³-hybridized carbons (Fsp3) is 0.625. The third-order valence-electron chi connectivity index (χ3n) is 2.23. The van der Waals surface area contributed by atoms with E-state index in [0.717, 1.165) is 37.7 Å². The summed E-state index contributed by atoms with van der Waals surface area (Å²) in [4.78, 5) is 11.5. The zero-order chi connectivity index (χ0) is 9.80. The van der Waals surface area contributed by atoms with Crippen molar-refractivity contribution in [3.05, 3.63) is 11.9 Å². The Hall–Kier alpha value is -0.720. The minimum absolute atomic E-state index is 0. The van der Waals surface area contributed by atoms with Crippen molar-refractivity contribution < 1.29 is 4.79 Å². The van der Waals surface area contributed by atoms with Crippen molar-refractivity contribution in [2.24, 2.45) is 0 Å². The molecule has 2 rings (SSSR count). The summed E-state index contributed by atoms with van der Waals surface area (Å²) in [6.45, 7) is 1.90. The van der Waals surface area contributed by atoms with Gasteiger partial charge in [-0.1, -0.05) is 0 Å². The van der Waals surface area contributed by atoms with E-state index in [2.05, 4.69) is 19.4 Å². The van der Waals surface area contributed by atoms with Gasteiger partial charge in [0.1, 0.15) is 0 Å². The third kappa shape index (κ3) is 3.40. The second-order valence-corrected chi connectivity index (χ2v) is 3.87. The number of nitrogens with zero attached hydrogens (tertiary/aromatic N) is 2. The Labute approximate surface area is 98.4 Å². The SMILES string of the molecule is Cl.O=C(NC1CCCNC1)c1cnsn1. The summed E-state index contributed by atoms with van der Waals surface area (Å²) in [5.41, 5.74) is 0.417. The number of amides is 1. The maximum atomic E-state index is 11.5. The zero-order valence-electron chi connectivity index (χ0n) is 8.10. The van der Waals surface area contributed by atoms with Gasteiger partial charge in [-0.25, -0.2) is 0 Å². The molecule has 0 bridgehead atoms. The Balaban J connectivity index is 0.00000112. The fourth-order valence-corrected chi connectivity index (χ4v) is 1.91. The summed E-state index contributed by atoms with van der Waals surface area (Å²) in [7, 11) is 0. The molecular weight excluding hydrogens is 236 g/mol. The topological polar surface area (TPSA) is 66.9 Å². The molecule has 1 atom stereocenters. The molecule has 0 aromatic carbocycles. The second-order valence-electron chi connectivity index (χ2n) is 3.31. The predicted molar refractivity (Wildman–Crippen MR) is 60.5 cm³/mol. The van der Waals surface area contributed by atoms with E-state index in [-0.39, 0.29) is 24.4 Å². The lowest BCUT2D eigenvalue weighted by Crippen LogP contribution is -2.45. The monoisotopic (exact) mass is 248 g/mol. The lowest BCUT2D eigenvalue weighted by molar-refractivity contribution is 0.0926. The van der Waals surface area contributed by atoms with Crippen LogP contribution in [0.2, 0.25) is 0 Å². The van der Waals surface area contributed by atoms with Crippen LogP contribution in [0.15, 0.2) is 6.20 Å². The molecular formula is C8H13ClN4OS. The molecule has 1 amide bonds. The maximum Gasteiger partial charge on any atom is 0.272 e. The molecule has 0 aliphatic carbocycles. The van der Waals surface area contributed by atoms with Gasteiger partial charge < -0.3 is 10.6 Å². The molecule has 1 fully saturated rings. The molecule has 1 aromatic heterocycles. The summed E-state index contributed by atoms with van der Waals surface area (Å²) in [5.74, 6) is -0.118. The number of nitrogens with one attached hydrogen (secondary N) is 2. The lowest BCUT2D eigenvalue weighted by atomic mass is 10.1. The van der Waals surface area contributed by atoms with Crippen LogP contribution < -0.4 is 10.6 Å². The van der Waals surface area contributed by atoms with Gasteiger partial charge in [0.05, 0.1) is 17.9 Å². The number of halogens is 1. The van der Waals surface area contributed by atoms with Gasteiger partial charge in [0.25, 0.3) is 5.91 Å². The Morgan fingerprint density at radius 3 is 3.13 bits per heavy atom. The van der Waals surface area contributed by atoms with Crippen molar-refractivity contribution in [2.45, 2.75) is 18.9 Å². The van der Waals surface area contributed by atoms with Crippen LogP contribution in [0.5, 0.6) is 0 Å². The third-order valence-corrected chi connectivity index (χ3v) is 2.70. The first-order valence-electron chi connectivity index (χ1n) is 4.65. The zero-order valence-corrected chi connectivity index (χ0v) is 9.74. The highest BCUT2D eigenvalue weighted by molar-refractivity contribution is 6.99. The Morgan fingerprint density at radius 1 is 1.67 bits per heavy atom. The largest absolute Gasteiger partial charge is 0.347 e. The Morgan fingerprint density at radius 2 is 2.53 bits per heavy atom. The first kappa shape index (κ1) is 12.4. The first-order chi connectivity index (χ1) is 6.86. The Kier molecular flexibility index (Phi) is 4.93. The molecule has 1 aliphatic rings. The smallest absolute Gasteiger partial charge is 0.272 e. The lowest BCUT2D eigenvalue weighted by Gasteiger charge is -2.23. The Bertz CT molecular complexity index is 300. The molecule has 1 unspecified atom stereocenters. The van der Waals surface area contributed by atoms with Crippen molar-refractivity contribution in [3.63, 3.8) is 0 Å². The van der Waals surface area contributed by atoms with Crippen molar-refractivity contribution in [1.29, 1.82) is 0 Å². The summed E-state index contributed by atoms with van der Waals surface area (Å²) in [6, 6.07) is 0.234. The van der Waals surface area contributed by atoms with E-state index in [9.17, 15) is 4.79 Å². The molecule has 1 aliphatic heterocycles. The van der Waals surface area contributed by atoms with Crippen LogP contribution in [0.25, 0.3) is 0 Å². The molecule has 84 valence electrons. The molecule has 1 aromatic rings. The van der Waals surface area contributed by atoms with E-state index >= 15 is 0 Å². The molecule has 2 N–H and O–H groups in total. The number of hydrogen-bond acceptors (Lipinski definition) is 5. The number of hydrogen-bond donors (Lipinski definition) is 2. The molecule has 1 saturated heterocycles. The van der Waals surface area contributed by atoms with E-state index < -0.39 is 0 Å². The van der Waals surface area contributed by atoms with Crippen LogP contribution in [0, 0.1) is 0 Å². The van der Waals surface area contributed by atoms with Crippen LogP contribution in [-0.4, -0.2) is 33.8 Å². The van der Waals surface area contributed by atoms with Gasteiger partial charge in [0.15, 0.2) is 5.69 Å².